The number of aryl methyl sites for hydroxylation is 2. The zero-order valence-electron chi connectivity index (χ0n) is 11.1. The molecule has 2 heterocycles. The number of carboxylic acids is 1. The second kappa shape index (κ2) is 5.61. The summed E-state index contributed by atoms with van der Waals surface area (Å²) in [6.45, 7) is 5.07. The van der Waals surface area contributed by atoms with E-state index in [0.717, 1.165) is 11.3 Å². The Morgan fingerprint density at radius 2 is 2.26 bits per heavy atom. The fourth-order valence-corrected chi connectivity index (χ4v) is 3.26. The number of carbonyl (C=O) groups excluding carboxylic acids is 1. The highest BCUT2D eigenvalue weighted by Crippen LogP contribution is 2.21. The van der Waals surface area contributed by atoms with Gasteiger partial charge in [-0.25, -0.2) is 9.59 Å². The molecule has 1 aliphatic rings. The van der Waals surface area contributed by atoms with E-state index in [1.165, 1.54) is 15.3 Å². The third-order valence-electron chi connectivity index (χ3n) is 3.43. The number of amides is 2. The first kappa shape index (κ1) is 13.9. The maximum absolute atomic E-state index is 12.0. The van der Waals surface area contributed by atoms with Gasteiger partial charge in [0, 0.05) is 16.3 Å². The number of carbonyl (C=O) groups is 2. The number of aliphatic carboxylic acids is 1. The Hall–Kier alpha value is -1.56. The Kier molecular flexibility index (Phi) is 4.09. The minimum absolute atomic E-state index is 0.284. The number of hydrogen-bond donors (Lipinski definition) is 2. The van der Waals surface area contributed by atoms with Gasteiger partial charge in [-0.15, -0.1) is 11.3 Å². The summed E-state index contributed by atoms with van der Waals surface area (Å²) in [5, 5.41) is 11.8. The van der Waals surface area contributed by atoms with Crippen molar-refractivity contribution in [2.75, 3.05) is 6.54 Å². The molecule has 5 nitrogen and oxygen atoms in total. The number of hydrogen-bond acceptors (Lipinski definition) is 3. The van der Waals surface area contributed by atoms with Crippen molar-refractivity contribution in [1.29, 1.82) is 0 Å². The van der Waals surface area contributed by atoms with Crippen molar-refractivity contribution in [2.45, 2.75) is 39.3 Å². The molecule has 0 aliphatic carbocycles. The largest absolute Gasteiger partial charge is 0.480 e. The number of likely N-dealkylation sites (tertiary alicyclic amines) is 1. The summed E-state index contributed by atoms with van der Waals surface area (Å²) in [6.07, 6.45) is 1.29. The van der Waals surface area contributed by atoms with Crippen molar-refractivity contribution in [3.05, 3.63) is 21.4 Å². The van der Waals surface area contributed by atoms with E-state index in [-0.39, 0.29) is 6.03 Å². The Morgan fingerprint density at radius 3 is 2.84 bits per heavy atom. The van der Waals surface area contributed by atoms with E-state index >= 15 is 0 Å². The van der Waals surface area contributed by atoms with E-state index in [1.807, 2.05) is 13.8 Å². The summed E-state index contributed by atoms with van der Waals surface area (Å²) in [6, 6.07) is 1.10. The van der Waals surface area contributed by atoms with Gasteiger partial charge in [0.05, 0.1) is 6.54 Å². The van der Waals surface area contributed by atoms with Crippen molar-refractivity contribution in [2.24, 2.45) is 0 Å². The van der Waals surface area contributed by atoms with Crippen LogP contribution >= 0.6 is 11.3 Å². The van der Waals surface area contributed by atoms with E-state index in [4.69, 9.17) is 5.11 Å². The van der Waals surface area contributed by atoms with Gasteiger partial charge in [0.25, 0.3) is 0 Å². The monoisotopic (exact) mass is 282 g/mol. The highest BCUT2D eigenvalue weighted by Gasteiger charge is 2.33. The van der Waals surface area contributed by atoms with E-state index in [0.29, 0.717) is 19.5 Å². The van der Waals surface area contributed by atoms with Crippen molar-refractivity contribution in [3.63, 3.8) is 0 Å². The first-order chi connectivity index (χ1) is 8.99. The van der Waals surface area contributed by atoms with Gasteiger partial charge in [-0.3, -0.25) is 0 Å². The third kappa shape index (κ3) is 3.07. The van der Waals surface area contributed by atoms with Crippen LogP contribution in [0.3, 0.4) is 0 Å². The van der Waals surface area contributed by atoms with Crippen LogP contribution < -0.4 is 5.32 Å². The fourth-order valence-electron chi connectivity index (χ4n) is 2.27. The zero-order chi connectivity index (χ0) is 14.0. The second-order valence-corrected chi connectivity index (χ2v) is 6.14. The van der Waals surface area contributed by atoms with Gasteiger partial charge >= 0.3 is 12.0 Å². The van der Waals surface area contributed by atoms with Crippen molar-refractivity contribution in [1.82, 2.24) is 10.2 Å². The van der Waals surface area contributed by atoms with Crippen molar-refractivity contribution < 1.29 is 14.7 Å². The van der Waals surface area contributed by atoms with Gasteiger partial charge in [0.1, 0.15) is 6.04 Å². The molecule has 1 unspecified atom stereocenters. The summed E-state index contributed by atoms with van der Waals surface area (Å²) < 4.78 is 0. The number of urea groups is 1. The van der Waals surface area contributed by atoms with Crippen molar-refractivity contribution >= 4 is 23.3 Å². The molecule has 1 saturated heterocycles. The van der Waals surface area contributed by atoms with Gasteiger partial charge < -0.3 is 15.3 Å². The molecule has 1 atom stereocenters. The number of rotatable bonds is 3. The van der Waals surface area contributed by atoms with Gasteiger partial charge in [-0.1, -0.05) is 0 Å². The number of nitrogens with zero attached hydrogens (tertiary/aromatic N) is 1. The van der Waals surface area contributed by atoms with E-state index in [1.54, 1.807) is 11.3 Å². The van der Waals surface area contributed by atoms with Crippen LogP contribution in [0.5, 0.6) is 0 Å². The highest BCUT2D eigenvalue weighted by atomic mass is 32.1. The summed E-state index contributed by atoms with van der Waals surface area (Å²) in [5.41, 5.74) is 1.22. The number of thiophene rings is 1. The molecule has 19 heavy (non-hydrogen) atoms. The molecule has 104 valence electrons. The van der Waals surface area contributed by atoms with Crippen LogP contribution in [0.15, 0.2) is 6.07 Å². The van der Waals surface area contributed by atoms with Crippen LogP contribution in [0.2, 0.25) is 0 Å². The van der Waals surface area contributed by atoms with Crippen LogP contribution in [-0.4, -0.2) is 34.6 Å². The fraction of sp³-hybridized carbons (Fsp3) is 0.538. The number of nitrogens with one attached hydrogen (secondary N) is 1. The molecule has 0 radical (unpaired) electrons. The molecule has 1 aromatic rings. The van der Waals surface area contributed by atoms with E-state index < -0.39 is 12.0 Å². The summed E-state index contributed by atoms with van der Waals surface area (Å²) in [4.78, 5) is 26.7. The van der Waals surface area contributed by atoms with Crippen LogP contribution in [0.4, 0.5) is 4.79 Å². The molecule has 0 aromatic carbocycles. The summed E-state index contributed by atoms with van der Waals surface area (Å²) in [5.74, 6) is -0.921. The highest BCUT2D eigenvalue weighted by molar-refractivity contribution is 7.12. The molecular weight excluding hydrogens is 264 g/mol. The lowest BCUT2D eigenvalue weighted by molar-refractivity contribution is -0.141. The Bertz CT molecular complexity index is 479. The second-order valence-electron chi connectivity index (χ2n) is 4.80. The maximum Gasteiger partial charge on any atom is 0.326 e. The first-order valence-corrected chi connectivity index (χ1v) is 7.14. The molecule has 0 saturated carbocycles. The van der Waals surface area contributed by atoms with E-state index in [2.05, 4.69) is 11.4 Å². The quantitative estimate of drug-likeness (QED) is 0.892. The molecule has 2 amide bonds. The summed E-state index contributed by atoms with van der Waals surface area (Å²) >= 11 is 1.66. The molecule has 6 heteroatoms. The molecule has 1 aliphatic heterocycles. The molecular formula is C13H18N2O3S. The lowest BCUT2D eigenvalue weighted by Crippen LogP contribution is -2.45. The first-order valence-electron chi connectivity index (χ1n) is 6.32. The topological polar surface area (TPSA) is 69.6 Å². The van der Waals surface area contributed by atoms with Gasteiger partial charge in [0.15, 0.2) is 0 Å². The average molecular weight is 282 g/mol. The Balaban J connectivity index is 1.92. The lowest BCUT2D eigenvalue weighted by atomic mass is 10.2. The van der Waals surface area contributed by atoms with Crippen LogP contribution in [-0.2, 0) is 11.3 Å². The smallest absolute Gasteiger partial charge is 0.326 e. The third-order valence-corrected chi connectivity index (χ3v) is 4.58. The maximum atomic E-state index is 12.0. The standard InChI is InChI=1S/C13H18N2O3S/c1-8-6-10(19-9(8)2)7-14-13(18)15-5-3-4-11(15)12(16)17/h6,11H,3-5,7H2,1-2H3,(H,14,18)(H,16,17). The molecule has 0 bridgehead atoms. The van der Waals surface area contributed by atoms with Crippen LogP contribution in [0.25, 0.3) is 0 Å². The molecule has 2 rings (SSSR count). The van der Waals surface area contributed by atoms with Crippen LogP contribution in [0.1, 0.15) is 28.2 Å². The molecule has 2 N–H and O–H groups in total. The molecule has 1 fully saturated rings. The predicted octanol–water partition coefficient (Wildman–Crippen LogP) is 2.12. The number of carboxylic acid groups (broad SMARTS) is 1. The van der Waals surface area contributed by atoms with Gasteiger partial charge in [0.2, 0.25) is 0 Å². The normalized spacial score (nSPS) is 18.6. The average Bonchev–Trinajstić information content (AvgIpc) is 2.94. The molecule has 0 spiro atoms. The zero-order valence-corrected chi connectivity index (χ0v) is 11.9. The minimum Gasteiger partial charge on any atom is -0.480 e. The lowest BCUT2D eigenvalue weighted by Gasteiger charge is -2.21. The minimum atomic E-state index is -0.921. The Morgan fingerprint density at radius 1 is 1.53 bits per heavy atom. The van der Waals surface area contributed by atoms with Gasteiger partial charge in [-0.05, 0) is 38.3 Å². The van der Waals surface area contributed by atoms with Gasteiger partial charge in [-0.2, -0.15) is 0 Å². The Labute approximate surface area is 116 Å². The van der Waals surface area contributed by atoms with Crippen molar-refractivity contribution in [3.8, 4) is 0 Å². The van der Waals surface area contributed by atoms with E-state index in [9.17, 15) is 9.59 Å². The molecule has 1 aromatic heterocycles. The SMILES string of the molecule is Cc1cc(CNC(=O)N2CCCC2C(=O)O)sc1C. The predicted molar refractivity (Wildman–Crippen MR) is 73.4 cm³/mol. The summed E-state index contributed by atoms with van der Waals surface area (Å²) in [7, 11) is 0. The van der Waals surface area contributed by atoms with Crippen LogP contribution in [0, 0.1) is 13.8 Å².